The van der Waals surface area contributed by atoms with Gasteiger partial charge in [0.1, 0.15) is 5.82 Å². The molecule has 1 saturated heterocycles. The van der Waals surface area contributed by atoms with Gasteiger partial charge >= 0.3 is 0 Å². The number of anilines is 1. The molecule has 2 aliphatic heterocycles. The molecule has 8 heteroatoms. The molecular formula is C28H34FN3O3S. The van der Waals surface area contributed by atoms with E-state index in [-0.39, 0.29) is 11.9 Å². The molecule has 1 N–H and O–H groups in total. The Bertz CT molecular complexity index is 1350. The van der Waals surface area contributed by atoms with E-state index in [0.29, 0.717) is 19.2 Å². The second kappa shape index (κ2) is 10.5. The summed E-state index contributed by atoms with van der Waals surface area (Å²) in [5.74, 6) is -0.203. The maximum Gasteiger partial charge on any atom is 0.209 e. The molecular weight excluding hydrogens is 477 g/mol. The number of nitrogens with zero attached hydrogens (tertiary/aromatic N) is 2. The van der Waals surface area contributed by atoms with Gasteiger partial charge in [0.05, 0.1) is 19.0 Å². The fraction of sp³-hybridized carbons (Fsp3) is 0.429. The number of nitrogens with one attached hydrogen (secondary N) is 1. The third kappa shape index (κ3) is 5.72. The molecule has 2 heterocycles. The second-order valence-corrected chi connectivity index (χ2v) is 11.8. The molecule has 3 aromatic rings. The summed E-state index contributed by atoms with van der Waals surface area (Å²) >= 11 is 0. The first-order valence-electron chi connectivity index (χ1n) is 12.6. The Morgan fingerprint density at radius 1 is 1.11 bits per heavy atom. The lowest BCUT2D eigenvalue weighted by Crippen LogP contribution is -2.52. The summed E-state index contributed by atoms with van der Waals surface area (Å²) in [6.45, 7) is 7.05. The van der Waals surface area contributed by atoms with Gasteiger partial charge in [-0.15, -0.1) is 0 Å². The minimum absolute atomic E-state index is 0.0591. The molecule has 0 unspecified atom stereocenters. The van der Waals surface area contributed by atoms with E-state index < -0.39 is 10.0 Å². The summed E-state index contributed by atoms with van der Waals surface area (Å²) < 4.78 is 45.3. The van der Waals surface area contributed by atoms with Gasteiger partial charge in [-0.25, -0.2) is 17.5 Å². The van der Waals surface area contributed by atoms with E-state index in [1.165, 1.54) is 23.1 Å². The first-order valence-corrected chi connectivity index (χ1v) is 14.5. The Hall–Kier alpha value is -2.52. The molecule has 5 rings (SSSR count). The van der Waals surface area contributed by atoms with Crippen molar-refractivity contribution in [2.45, 2.75) is 38.5 Å². The van der Waals surface area contributed by atoms with Crippen molar-refractivity contribution < 1.29 is 17.5 Å². The molecule has 0 radical (unpaired) electrons. The molecule has 3 aromatic carbocycles. The molecule has 192 valence electrons. The van der Waals surface area contributed by atoms with Crippen molar-refractivity contribution in [3.8, 4) is 0 Å². The highest BCUT2D eigenvalue weighted by Gasteiger charge is 2.27. The maximum atomic E-state index is 13.7. The predicted molar refractivity (Wildman–Crippen MR) is 142 cm³/mol. The number of hydrogen-bond donors (Lipinski definition) is 1. The van der Waals surface area contributed by atoms with E-state index in [0.717, 1.165) is 55.4 Å². The van der Waals surface area contributed by atoms with Crippen LogP contribution in [0.4, 0.5) is 10.1 Å². The lowest BCUT2D eigenvalue weighted by Gasteiger charge is -2.42. The van der Waals surface area contributed by atoms with Crippen LogP contribution in [0, 0.1) is 5.82 Å². The van der Waals surface area contributed by atoms with E-state index in [4.69, 9.17) is 4.74 Å². The largest absolute Gasteiger partial charge is 0.373 e. The molecule has 0 amide bonds. The van der Waals surface area contributed by atoms with Crippen LogP contribution >= 0.6 is 0 Å². The standard InChI is InChI=1S/C28H34FN3O3S/c1-20-19-32(27-5-3-4-22-17-24(29)7-9-25(22)27)14-13-31(20)12-10-28-26-8-6-21(18-30-36(2,33)34)16-23(26)11-15-35-28/h3-9,16-17,20,28,30H,10-15,18-19H2,1-2H3/t20-,28+/m1/s1. The van der Waals surface area contributed by atoms with Gasteiger partial charge in [-0.3, -0.25) is 4.90 Å². The van der Waals surface area contributed by atoms with Crippen LogP contribution in [0.3, 0.4) is 0 Å². The zero-order valence-corrected chi connectivity index (χ0v) is 21.7. The first-order chi connectivity index (χ1) is 17.3. The third-order valence-corrected chi connectivity index (χ3v) is 8.06. The summed E-state index contributed by atoms with van der Waals surface area (Å²) in [5, 5.41) is 2.03. The van der Waals surface area contributed by atoms with E-state index in [1.807, 2.05) is 24.3 Å². The van der Waals surface area contributed by atoms with Gasteiger partial charge in [-0.2, -0.15) is 0 Å². The van der Waals surface area contributed by atoms with E-state index in [9.17, 15) is 12.8 Å². The number of fused-ring (bicyclic) bond motifs is 2. The zero-order valence-electron chi connectivity index (χ0n) is 20.9. The second-order valence-electron chi connectivity index (χ2n) is 10.00. The average Bonchev–Trinajstić information content (AvgIpc) is 2.85. The van der Waals surface area contributed by atoms with Gasteiger partial charge in [0.2, 0.25) is 10.0 Å². The Morgan fingerprint density at radius 3 is 2.78 bits per heavy atom. The quantitative estimate of drug-likeness (QED) is 0.514. The van der Waals surface area contributed by atoms with Gasteiger partial charge < -0.3 is 9.64 Å². The molecule has 36 heavy (non-hydrogen) atoms. The number of benzene rings is 3. The van der Waals surface area contributed by atoms with E-state index in [2.05, 4.69) is 39.6 Å². The van der Waals surface area contributed by atoms with E-state index in [1.54, 1.807) is 12.1 Å². The van der Waals surface area contributed by atoms with Crippen molar-refractivity contribution in [2.75, 3.05) is 43.9 Å². The smallest absolute Gasteiger partial charge is 0.209 e. The van der Waals surface area contributed by atoms with Crippen molar-refractivity contribution in [1.29, 1.82) is 0 Å². The molecule has 2 aliphatic rings. The molecule has 0 spiro atoms. The highest BCUT2D eigenvalue weighted by atomic mass is 32.2. The van der Waals surface area contributed by atoms with Crippen molar-refractivity contribution in [3.63, 3.8) is 0 Å². The minimum Gasteiger partial charge on any atom is -0.373 e. The van der Waals surface area contributed by atoms with Gasteiger partial charge in [-0.05, 0) is 66.1 Å². The third-order valence-electron chi connectivity index (χ3n) is 7.39. The molecule has 0 bridgehead atoms. The first kappa shape index (κ1) is 25.1. The van der Waals surface area contributed by atoms with Crippen LogP contribution in [0.2, 0.25) is 0 Å². The highest BCUT2D eigenvalue weighted by Crippen LogP contribution is 2.32. The van der Waals surface area contributed by atoms with Crippen LogP contribution in [0.15, 0.2) is 54.6 Å². The lowest BCUT2D eigenvalue weighted by molar-refractivity contribution is 0.0255. The molecule has 6 nitrogen and oxygen atoms in total. The van der Waals surface area contributed by atoms with Crippen LogP contribution in [0.5, 0.6) is 0 Å². The minimum atomic E-state index is -3.21. The Balaban J connectivity index is 1.21. The van der Waals surface area contributed by atoms with Crippen LogP contribution in [-0.2, 0) is 27.7 Å². The number of rotatable bonds is 7. The summed E-state index contributed by atoms with van der Waals surface area (Å²) in [4.78, 5) is 4.95. The van der Waals surface area contributed by atoms with E-state index >= 15 is 0 Å². The predicted octanol–water partition coefficient (Wildman–Crippen LogP) is 4.24. The van der Waals surface area contributed by atoms with Gasteiger partial charge in [-0.1, -0.05) is 30.3 Å². The molecule has 2 atom stereocenters. The van der Waals surface area contributed by atoms with Crippen molar-refractivity contribution in [2.24, 2.45) is 0 Å². The zero-order chi connectivity index (χ0) is 25.3. The van der Waals surface area contributed by atoms with Gasteiger partial charge in [0.15, 0.2) is 0 Å². The number of halogens is 1. The summed E-state index contributed by atoms with van der Waals surface area (Å²) in [6.07, 6.45) is 3.01. The Kier molecular flexibility index (Phi) is 7.30. The Morgan fingerprint density at radius 2 is 1.97 bits per heavy atom. The number of piperazine rings is 1. The monoisotopic (exact) mass is 511 g/mol. The van der Waals surface area contributed by atoms with Crippen LogP contribution in [-0.4, -0.2) is 58.4 Å². The van der Waals surface area contributed by atoms with Crippen molar-refractivity contribution in [1.82, 2.24) is 9.62 Å². The topological polar surface area (TPSA) is 61.9 Å². The fourth-order valence-electron chi connectivity index (χ4n) is 5.50. The summed E-state index contributed by atoms with van der Waals surface area (Å²) in [6, 6.07) is 17.7. The molecule has 0 saturated carbocycles. The van der Waals surface area contributed by atoms with Gasteiger partial charge in [0, 0.05) is 49.8 Å². The van der Waals surface area contributed by atoms with Gasteiger partial charge in [0.25, 0.3) is 0 Å². The highest BCUT2D eigenvalue weighted by molar-refractivity contribution is 7.88. The maximum absolute atomic E-state index is 13.7. The van der Waals surface area contributed by atoms with Crippen molar-refractivity contribution >= 4 is 26.5 Å². The normalized spacial score (nSPS) is 21.0. The van der Waals surface area contributed by atoms with Crippen LogP contribution in [0.1, 0.15) is 36.1 Å². The summed E-state index contributed by atoms with van der Waals surface area (Å²) in [7, 11) is -3.21. The van der Waals surface area contributed by atoms with Crippen LogP contribution in [0.25, 0.3) is 10.8 Å². The van der Waals surface area contributed by atoms with Crippen molar-refractivity contribution in [3.05, 3.63) is 77.1 Å². The number of hydrogen-bond acceptors (Lipinski definition) is 5. The fourth-order valence-corrected chi connectivity index (χ4v) is 5.93. The Labute approximate surface area is 213 Å². The summed E-state index contributed by atoms with van der Waals surface area (Å²) in [5.41, 5.74) is 4.62. The molecule has 1 fully saturated rings. The molecule has 0 aliphatic carbocycles. The number of sulfonamides is 1. The van der Waals surface area contributed by atoms with Crippen LogP contribution < -0.4 is 9.62 Å². The number of ether oxygens (including phenoxy) is 1. The SMILES string of the molecule is C[C@@H]1CN(c2cccc3cc(F)ccc23)CCN1CC[C@@H]1OCCc2cc(CNS(C)(=O)=O)ccc21. The lowest BCUT2D eigenvalue weighted by atomic mass is 9.93. The molecule has 0 aromatic heterocycles. The average molecular weight is 512 g/mol.